The number of piperazine rings is 1. The summed E-state index contributed by atoms with van der Waals surface area (Å²) in [5.74, 6) is 0.746. The van der Waals surface area contributed by atoms with E-state index in [1.807, 2.05) is 30.6 Å². The largest absolute Gasteiger partial charge is 0.433 e. The Morgan fingerprint density at radius 3 is 2.28 bits per heavy atom. The van der Waals surface area contributed by atoms with Gasteiger partial charge in [0.2, 0.25) is 5.91 Å². The molecule has 1 aromatic heterocycles. The molecule has 6 nitrogen and oxygen atoms in total. The Morgan fingerprint density at radius 1 is 0.917 bits per heavy atom. The smallest absolute Gasteiger partial charge is 0.354 e. The lowest BCUT2D eigenvalue weighted by Crippen LogP contribution is -2.47. The van der Waals surface area contributed by atoms with E-state index in [0.29, 0.717) is 31.9 Å². The molecule has 0 radical (unpaired) electrons. The number of benzene rings is 1. The van der Waals surface area contributed by atoms with Crippen LogP contribution in [0.15, 0.2) is 24.3 Å². The van der Waals surface area contributed by atoms with E-state index in [0.717, 1.165) is 50.7 Å². The molecular formula is C27H36F3N5O. The maximum absolute atomic E-state index is 13.5. The molecule has 4 rings (SSSR count). The first-order valence-corrected chi connectivity index (χ1v) is 12.8. The molecule has 2 aliphatic rings. The van der Waals surface area contributed by atoms with Crippen LogP contribution in [0.2, 0.25) is 0 Å². The minimum absolute atomic E-state index is 0.192. The minimum atomic E-state index is -4.51. The zero-order valence-corrected chi connectivity index (χ0v) is 21.7. The highest BCUT2D eigenvalue weighted by molar-refractivity contribution is 5.96. The number of carbonyl (C=O) groups is 1. The Balaban J connectivity index is 1.30. The fraction of sp³-hybridized carbons (Fsp3) is 0.593. The van der Waals surface area contributed by atoms with Gasteiger partial charge in [0.25, 0.3) is 0 Å². The highest BCUT2D eigenvalue weighted by atomic mass is 19.4. The van der Waals surface area contributed by atoms with Crippen LogP contribution in [-0.2, 0) is 22.8 Å². The normalized spacial score (nSPS) is 17.5. The fourth-order valence-corrected chi connectivity index (χ4v) is 4.82. The van der Waals surface area contributed by atoms with E-state index in [4.69, 9.17) is 0 Å². The van der Waals surface area contributed by atoms with Crippen LogP contribution in [0.3, 0.4) is 0 Å². The molecule has 3 heterocycles. The van der Waals surface area contributed by atoms with E-state index >= 15 is 0 Å². The Labute approximate surface area is 211 Å². The van der Waals surface area contributed by atoms with E-state index in [9.17, 15) is 18.0 Å². The quantitative estimate of drug-likeness (QED) is 0.521. The van der Waals surface area contributed by atoms with Crippen LogP contribution < -0.4 is 9.80 Å². The van der Waals surface area contributed by atoms with Gasteiger partial charge in [-0.2, -0.15) is 13.2 Å². The average Bonchev–Trinajstić information content (AvgIpc) is 2.82. The summed E-state index contributed by atoms with van der Waals surface area (Å²) in [5, 5.41) is 0. The maximum atomic E-state index is 13.5. The molecule has 0 spiro atoms. The molecule has 0 N–H and O–H groups in total. The molecule has 0 saturated carbocycles. The van der Waals surface area contributed by atoms with Crippen molar-refractivity contribution in [3.63, 3.8) is 0 Å². The summed E-state index contributed by atoms with van der Waals surface area (Å²) in [4.78, 5) is 27.0. The van der Waals surface area contributed by atoms with E-state index in [1.165, 1.54) is 11.1 Å². The molecule has 36 heavy (non-hydrogen) atoms. The topological polar surface area (TPSA) is 52.6 Å². The van der Waals surface area contributed by atoms with Crippen molar-refractivity contribution < 1.29 is 18.0 Å². The lowest BCUT2D eigenvalue weighted by atomic mass is 9.95. The number of carbonyl (C=O) groups excluding carboxylic acids is 1. The Bertz CT molecular complexity index is 1060. The lowest BCUT2D eigenvalue weighted by Gasteiger charge is -2.36. The summed E-state index contributed by atoms with van der Waals surface area (Å²) in [7, 11) is 0. The number of fused-ring (bicyclic) bond motifs is 1. The molecule has 196 valence electrons. The van der Waals surface area contributed by atoms with Gasteiger partial charge in [0.1, 0.15) is 17.3 Å². The van der Waals surface area contributed by atoms with Crippen LogP contribution in [0.1, 0.15) is 62.7 Å². The Kier molecular flexibility index (Phi) is 7.59. The third-order valence-electron chi connectivity index (χ3n) is 6.91. The van der Waals surface area contributed by atoms with Crippen LogP contribution >= 0.6 is 0 Å². The molecule has 0 bridgehead atoms. The van der Waals surface area contributed by atoms with Crippen molar-refractivity contribution in [1.82, 2.24) is 14.9 Å². The molecule has 9 heteroatoms. The molecule has 0 atom stereocenters. The lowest BCUT2D eigenvalue weighted by molar-refractivity contribution is -0.141. The number of hydrogen-bond donors (Lipinski definition) is 0. The van der Waals surface area contributed by atoms with Crippen molar-refractivity contribution >= 4 is 17.4 Å². The zero-order valence-electron chi connectivity index (χ0n) is 21.7. The number of aryl methyl sites for hydroxylation is 2. The van der Waals surface area contributed by atoms with E-state index < -0.39 is 17.3 Å². The first-order chi connectivity index (χ1) is 16.9. The van der Waals surface area contributed by atoms with Gasteiger partial charge in [-0.15, -0.1) is 0 Å². The number of rotatable bonds is 6. The van der Waals surface area contributed by atoms with Crippen LogP contribution in [-0.4, -0.2) is 60.0 Å². The molecule has 2 aromatic rings. The second-order valence-corrected chi connectivity index (χ2v) is 10.9. The minimum Gasteiger partial charge on any atom is -0.354 e. The van der Waals surface area contributed by atoms with Crippen molar-refractivity contribution in [1.29, 1.82) is 0 Å². The summed E-state index contributed by atoms with van der Waals surface area (Å²) in [6.07, 6.45) is -1.26. The second kappa shape index (κ2) is 10.4. The van der Waals surface area contributed by atoms with Crippen LogP contribution in [0.4, 0.5) is 24.7 Å². The van der Waals surface area contributed by atoms with Crippen molar-refractivity contribution in [3.05, 3.63) is 46.9 Å². The van der Waals surface area contributed by atoms with Gasteiger partial charge in [0, 0.05) is 56.3 Å². The number of anilines is 2. The van der Waals surface area contributed by atoms with Crippen LogP contribution in [0, 0.1) is 6.92 Å². The van der Waals surface area contributed by atoms with Gasteiger partial charge < -0.3 is 9.80 Å². The van der Waals surface area contributed by atoms with Crippen molar-refractivity contribution in [2.24, 2.45) is 0 Å². The number of halogens is 3. The van der Waals surface area contributed by atoms with E-state index in [1.54, 1.807) is 0 Å². The van der Waals surface area contributed by atoms with E-state index in [2.05, 4.69) is 40.0 Å². The summed E-state index contributed by atoms with van der Waals surface area (Å²) in [6, 6.07) is 7.36. The Morgan fingerprint density at radius 2 is 1.61 bits per heavy atom. The molecule has 1 fully saturated rings. The SMILES string of the molecule is Cc1ccc2c(c1)CCC(=O)N2CCCCN1CCN(c2cc(C(F)(F)F)nc(C(C)(C)C)n2)CC1. The maximum Gasteiger partial charge on any atom is 0.433 e. The summed E-state index contributed by atoms with van der Waals surface area (Å²) < 4.78 is 40.4. The van der Waals surface area contributed by atoms with Crippen molar-refractivity contribution in [2.45, 2.75) is 65.0 Å². The number of aromatic nitrogens is 2. The molecule has 0 aliphatic carbocycles. The number of amides is 1. The fourth-order valence-electron chi connectivity index (χ4n) is 4.82. The van der Waals surface area contributed by atoms with Gasteiger partial charge in [0.05, 0.1) is 0 Å². The van der Waals surface area contributed by atoms with Gasteiger partial charge in [-0.05, 0) is 44.4 Å². The van der Waals surface area contributed by atoms with Gasteiger partial charge in [0.15, 0.2) is 0 Å². The standard InChI is InChI=1S/C27H36F3N5O/c1-19-7-9-21-20(17-19)8-10-24(36)35(21)12-6-5-11-33-13-15-34(16-14-33)23-18-22(27(28,29)30)31-25(32-23)26(2,3)4/h7,9,17-18H,5-6,8,10-16H2,1-4H3. The van der Waals surface area contributed by atoms with Gasteiger partial charge in [-0.1, -0.05) is 38.5 Å². The van der Waals surface area contributed by atoms with Crippen molar-refractivity contribution in [3.8, 4) is 0 Å². The average molecular weight is 504 g/mol. The number of hydrogen-bond acceptors (Lipinski definition) is 5. The number of nitrogens with zero attached hydrogens (tertiary/aromatic N) is 5. The molecule has 0 unspecified atom stereocenters. The molecule has 2 aliphatic heterocycles. The predicted octanol–water partition coefficient (Wildman–Crippen LogP) is 4.98. The van der Waals surface area contributed by atoms with Gasteiger partial charge in [-0.25, -0.2) is 9.97 Å². The Hall–Kier alpha value is -2.68. The molecule has 1 amide bonds. The molecule has 1 aromatic carbocycles. The summed E-state index contributed by atoms with van der Waals surface area (Å²) in [5.41, 5.74) is 2.05. The molecule has 1 saturated heterocycles. The predicted molar refractivity (Wildman–Crippen MR) is 135 cm³/mol. The van der Waals surface area contributed by atoms with E-state index in [-0.39, 0.29) is 11.7 Å². The monoisotopic (exact) mass is 503 g/mol. The third kappa shape index (κ3) is 6.17. The first-order valence-electron chi connectivity index (χ1n) is 12.8. The second-order valence-electron chi connectivity index (χ2n) is 10.9. The number of unbranched alkanes of at least 4 members (excludes halogenated alkanes) is 1. The summed E-state index contributed by atoms with van der Waals surface area (Å²) in [6.45, 7) is 11.9. The molecular weight excluding hydrogens is 467 g/mol. The third-order valence-corrected chi connectivity index (χ3v) is 6.91. The van der Waals surface area contributed by atoms with Gasteiger partial charge >= 0.3 is 6.18 Å². The van der Waals surface area contributed by atoms with Crippen LogP contribution in [0.5, 0.6) is 0 Å². The summed E-state index contributed by atoms with van der Waals surface area (Å²) >= 11 is 0. The van der Waals surface area contributed by atoms with Crippen LogP contribution in [0.25, 0.3) is 0 Å². The van der Waals surface area contributed by atoms with Gasteiger partial charge in [-0.3, -0.25) is 9.69 Å². The highest BCUT2D eigenvalue weighted by Crippen LogP contribution is 2.32. The number of alkyl halides is 3. The first kappa shape index (κ1) is 26.4. The highest BCUT2D eigenvalue weighted by Gasteiger charge is 2.36. The van der Waals surface area contributed by atoms with Crippen molar-refractivity contribution in [2.75, 3.05) is 49.1 Å². The zero-order chi connectivity index (χ0) is 26.1.